The zero-order valence-corrected chi connectivity index (χ0v) is 8.80. The van der Waals surface area contributed by atoms with Crippen LogP contribution in [0.15, 0.2) is 16.6 Å². The van der Waals surface area contributed by atoms with Gasteiger partial charge in [0, 0.05) is 0 Å². The molecule has 1 aromatic carbocycles. The number of hydrogen-bond acceptors (Lipinski definition) is 3. The van der Waals surface area contributed by atoms with Gasteiger partial charge in [-0.05, 0) is 28.1 Å². The van der Waals surface area contributed by atoms with Crippen molar-refractivity contribution in [1.29, 1.82) is 0 Å². The lowest BCUT2D eigenvalue weighted by molar-refractivity contribution is -0.389. The number of benzene rings is 1. The standard InChI is InChI=1S/C7H2BrF4NO3/c8-5-3(9)1-2-4(6(5)13(14)15)16-7(10,11)12/h1-2H. The van der Waals surface area contributed by atoms with E-state index in [0.717, 1.165) is 0 Å². The third-order valence-corrected chi connectivity index (χ3v) is 2.19. The van der Waals surface area contributed by atoms with Gasteiger partial charge >= 0.3 is 12.0 Å². The van der Waals surface area contributed by atoms with Crippen LogP contribution in [0, 0.1) is 15.9 Å². The van der Waals surface area contributed by atoms with Crippen molar-refractivity contribution in [3.8, 4) is 5.75 Å². The van der Waals surface area contributed by atoms with Gasteiger partial charge in [0.15, 0.2) is 0 Å². The van der Waals surface area contributed by atoms with E-state index in [4.69, 9.17) is 0 Å². The van der Waals surface area contributed by atoms with E-state index in [0.29, 0.717) is 12.1 Å². The minimum atomic E-state index is -5.08. The van der Waals surface area contributed by atoms with Gasteiger partial charge in [-0.3, -0.25) is 10.1 Å². The summed E-state index contributed by atoms with van der Waals surface area (Å²) in [6.07, 6.45) is -5.08. The number of halogens is 5. The number of alkyl halides is 3. The molecule has 0 heterocycles. The zero-order valence-electron chi connectivity index (χ0n) is 7.22. The topological polar surface area (TPSA) is 52.4 Å². The van der Waals surface area contributed by atoms with E-state index in [2.05, 4.69) is 20.7 Å². The number of ether oxygens (including phenoxy) is 1. The van der Waals surface area contributed by atoms with E-state index in [1.165, 1.54) is 0 Å². The highest BCUT2D eigenvalue weighted by molar-refractivity contribution is 9.10. The van der Waals surface area contributed by atoms with Crippen LogP contribution in [0.2, 0.25) is 0 Å². The van der Waals surface area contributed by atoms with Crippen molar-refractivity contribution in [2.75, 3.05) is 0 Å². The Labute approximate surface area is 94.1 Å². The molecule has 0 atom stereocenters. The highest BCUT2D eigenvalue weighted by atomic mass is 79.9. The number of nitro benzene ring substituents is 1. The van der Waals surface area contributed by atoms with Crippen molar-refractivity contribution in [2.24, 2.45) is 0 Å². The van der Waals surface area contributed by atoms with Crippen LogP contribution in [-0.4, -0.2) is 11.3 Å². The number of nitro groups is 1. The van der Waals surface area contributed by atoms with Crippen LogP contribution in [-0.2, 0) is 0 Å². The summed E-state index contributed by atoms with van der Waals surface area (Å²) in [5, 5.41) is 10.4. The first kappa shape index (κ1) is 12.7. The van der Waals surface area contributed by atoms with Gasteiger partial charge in [-0.1, -0.05) is 0 Å². The fourth-order valence-electron chi connectivity index (χ4n) is 0.899. The van der Waals surface area contributed by atoms with Gasteiger partial charge in [-0.2, -0.15) is 0 Å². The molecule has 1 rings (SSSR count). The molecule has 0 radical (unpaired) electrons. The number of nitrogens with zero attached hydrogens (tertiary/aromatic N) is 1. The van der Waals surface area contributed by atoms with Crippen LogP contribution in [0.4, 0.5) is 23.2 Å². The van der Waals surface area contributed by atoms with Crippen molar-refractivity contribution < 1.29 is 27.2 Å². The molecule has 0 unspecified atom stereocenters. The summed E-state index contributed by atoms with van der Waals surface area (Å²) in [6.45, 7) is 0. The molecule has 0 spiro atoms. The highest BCUT2D eigenvalue weighted by Crippen LogP contribution is 2.38. The summed E-state index contributed by atoms with van der Waals surface area (Å²) in [5.74, 6) is -2.13. The summed E-state index contributed by atoms with van der Waals surface area (Å²) in [7, 11) is 0. The molecule has 88 valence electrons. The predicted molar refractivity (Wildman–Crippen MR) is 47.4 cm³/mol. The smallest absolute Gasteiger partial charge is 0.398 e. The Balaban J connectivity index is 3.29. The first-order valence-corrected chi connectivity index (χ1v) is 4.40. The average molecular weight is 304 g/mol. The molecule has 0 N–H and O–H groups in total. The van der Waals surface area contributed by atoms with Crippen LogP contribution < -0.4 is 4.74 Å². The Morgan fingerprint density at radius 3 is 2.38 bits per heavy atom. The minimum absolute atomic E-state index is 0.533. The maximum absolute atomic E-state index is 12.9. The van der Waals surface area contributed by atoms with Crippen molar-refractivity contribution in [1.82, 2.24) is 0 Å². The molecular formula is C7H2BrF4NO3. The lowest BCUT2D eigenvalue weighted by Crippen LogP contribution is -2.18. The highest BCUT2D eigenvalue weighted by Gasteiger charge is 2.35. The van der Waals surface area contributed by atoms with Crippen LogP contribution in [0.1, 0.15) is 0 Å². The molecule has 0 amide bonds. The summed E-state index contributed by atoms with van der Waals surface area (Å²) >= 11 is 2.48. The fourth-order valence-corrected chi connectivity index (χ4v) is 1.37. The van der Waals surface area contributed by atoms with Crippen LogP contribution in [0.5, 0.6) is 5.75 Å². The maximum atomic E-state index is 12.9. The van der Waals surface area contributed by atoms with Crippen molar-refractivity contribution in [3.63, 3.8) is 0 Å². The summed E-state index contributed by atoms with van der Waals surface area (Å²) in [5.41, 5.74) is -1.11. The third-order valence-electron chi connectivity index (χ3n) is 1.44. The molecule has 16 heavy (non-hydrogen) atoms. The Morgan fingerprint density at radius 2 is 1.94 bits per heavy atom. The Kier molecular flexibility index (Phi) is 3.36. The van der Waals surface area contributed by atoms with Crippen molar-refractivity contribution >= 4 is 21.6 Å². The van der Waals surface area contributed by atoms with E-state index in [1.54, 1.807) is 0 Å². The molecule has 0 saturated heterocycles. The SMILES string of the molecule is O=[N+]([O-])c1c(OC(F)(F)F)ccc(F)c1Br. The second-order valence-corrected chi connectivity index (χ2v) is 3.31. The molecule has 0 fully saturated rings. The monoisotopic (exact) mass is 303 g/mol. The van der Waals surface area contributed by atoms with E-state index in [9.17, 15) is 27.7 Å². The molecule has 0 bridgehead atoms. The molecule has 1 aromatic rings. The molecule has 0 aliphatic carbocycles. The Bertz CT molecular complexity index is 434. The Morgan fingerprint density at radius 1 is 1.38 bits per heavy atom. The van der Waals surface area contributed by atoms with E-state index >= 15 is 0 Å². The summed E-state index contributed by atoms with van der Waals surface area (Å²) in [6, 6.07) is 1.16. The van der Waals surface area contributed by atoms with Gasteiger partial charge in [0.05, 0.1) is 4.92 Å². The molecule has 9 heteroatoms. The second-order valence-electron chi connectivity index (χ2n) is 2.51. The third kappa shape index (κ3) is 2.81. The Hall–Kier alpha value is -1.38. The van der Waals surface area contributed by atoms with Crippen LogP contribution in [0.3, 0.4) is 0 Å². The molecule has 0 aromatic heterocycles. The van der Waals surface area contributed by atoms with Gasteiger partial charge < -0.3 is 4.74 Å². The first-order valence-electron chi connectivity index (χ1n) is 3.60. The second kappa shape index (κ2) is 4.24. The van der Waals surface area contributed by atoms with E-state index < -0.39 is 33.0 Å². The van der Waals surface area contributed by atoms with Crippen LogP contribution in [0.25, 0.3) is 0 Å². The summed E-state index contributed by atoms with van der Waals surface area (Å²) < 4.78 is 51.2. The molecule has 0 aliphatic heterocycles. The van der Waals surface area contributed by atoms with Gasteiger partial charge in [0.1, 0.15) is 10.3 Å². The number of rotatable bonds is 2. The quantitative estimate of drug-likeness (QED) is 0.478. The largest absolute Gasteiger partial charge is 0.573 e. The predicted octanol–water partition coefficient (Wildman–Crippen LogP) is 3.40. The maximum Gasteiger partial charge on any atom is 0.573 e. The van der Waals surface area contributed by atoms with Gasteiger partial charge in [0.25, 0.3) is 0 Å². The molecule has 4 nitrogen and oxygen atoms in total. The molecular weight excluding hydrogens is 302 g/mol. The van der Waals surface area contributed by atoms with Crippen molar-refractivity contribution in [3.05, 3.63) is 32.5 Å². The minimum Gasteiger partial charge on any atom is -0.398 e. The van der Waals surface area contributed by atoms with E-state index in [-0.39, 0.29) is 0 Å². The lowest BCUT2D eigenvalue weighted by atomic mass is 10.3. The van der Waals surface area contributed by atoms with E-state index in [1.807, 2.05) is 0 Å². The van der Waals surface area contributed by atoms with Gasteiger partial charge in [-0.25, -0.2) is 4.39 Å². The van der Waals surface area contributed by atoms with Gasteiger partial charge in [0.2, 0.25) is 5.75 Å². The molecule has 0 saturated carbocycles. The number of hydrogen-bond donors (Lipinski definition) is 0. The zero-order chi connectivity index (χ0) is 12.5. The van der Waals surface area contributed by atoms with Crippen molar-refractivity contribution in [2.45, 2.75) is 6.36 Å². The van der Waals surface area contributed by atoms with Crippen LogP contribution >= 0.6 is 15.9 Å². The fraction of sp³-hybridized carbons (Fsp3) is 0.143. The summed E-state index contributed by atoms with van der Waals surface area (Å²) in [4.78, 5) is 9.27. The average Bonchev–Trinajstić information content (AvgIpc) is 2.08. The lowest BCUT2D eigenvalue weighted by Gasteiger charge is -2.09. The van der Waals surface area contributed by atoms with Gasteiger partial charge in [-0.15, -0.1) is 13.2 Å². The molecule has 0 aliphatic rings. The first-order chi connectivity index (χ1) is 7.22. The normalized spacial score (nSPS) is 11.3.